The first-order chi connectivity index (χ1) is 13.8. The van der Waals surface area contributed by atoms with Crippen LogP contribution in [0.4, 0.5) is 0 Å². The van der Waals surface area contributed by atoms with E-state index < -0.39 is 0 Å². The second kappa shape index (κ2) is 8.63. The fourth-order valence-electron chi connectivity index (χ4n) is 4.15. The van der Waals surface area contributed by atoms with Gasteiger partial charge in [-0.1, -0.05) is 48.5 Å². The van der Waals surface area contributed by atoms with Crippen LogP contribution in [0.1, 0.15) is 24.1 Å². The molecule has 0 bridgehead atoms. The van der Waals surface area contributed by atoms with Gasteiger partial charge in [0, 0.05) is 26.2 Å². The van der Waals surface area contributed by atoms with Gasteiger partial charge in [-0.05, 0) is 41.0 Å². The minimum absolute atomic E-state index is 0.179. The second-order valence-electron chi connectivity index (χ2n) is 7.10. The third kappa shape index (κ3) is 3.71. The lowest BCUT2D eigenvalue weighted by atomic mass is 9.92. The summed E-state index contributed by atoms with van der Waals surface area (Å²) in [5.74, 6) is 1.59. The molecule has 1 unspecified atom stereocenters. The van der Waals surface area contributed by atoms with Gasteiger partial charge in [-0.15, -0.1) is 0 Å². The number of rotatable bonds is 6. The molecular formula is C24H28N2O2. The Kier molecular flexibility index (Phi) is 5.79. The number of hydrogen-bond acceptors (Lipinski definition) is 4. The minimum Gasteiger partial charge on any atom is -0.493 e. The molecule has 0 saturated carbocycles. The number of piperazine rings is 1. The van der Waals surface area contributed by atoms with E-state index in [1.165, 1.54) is 21.9 Å². The molecule has 3 aromatic rings. The molecule has 28 heavy (non-hydrogen) atoms. The summed E-state index contributed by atoms with van der Waals surface area (Å²) >= 11 is 0. The van der Waals surface area contributed by atoms with Crippen LogP contribution in [-0.2, 0) is 0 Å². The van der Waals surface area contributed by atoms with Gasteiger partial charge in [0.15, 0.2) is 11.5 Å². The van der Waals surface area contributed by atoms with E-state index in [1.807, 2.05) is 13.0 Å². The summed E-state index contributed by atoms with van der Waals surface area (Å²) in [5, 5.41) is 6.06. The van der Waals surface area contributed by atoms with Gasteiger partial charge in [0.05, 0.1) is 19.8 Å². The average Bonchev–Trinajstić information content (AvgIpc) is 2.75. The predicted molar refractivity (Wildman–Crippen MR) is 114 cm³/mol. The lowest BCUT2D eigenvalue weighted by Crippen LogP contribution is -2.45. The molecule has 1 atom stereocenters. The Morgan fingerprint density at radius 1 is 0.964 bits per heavy atom. The van der Waals surface area contributed by atoms with Gasteiger partial charge >= 0.3 is 0 Å². The van der Waals surface area contributed by atoms with E-state index in [-0.39, 0.29) is 6.04 Å². The first kappa shape index (κ1) is 18.8. The zero-order valence-electron chi connectivity index (χ0n) is 16.7. The number of ether oxygens (including phenoxy) is 2. The molecule has 1 fully saturated rings. The zero-order chi connectivity index (χ0) is 19.3. The van der Waals surface area contributed by atoms with Gasteiger partial charge < -0.3 is 14.8 Å². The highest BCUT2D eigenvalue weighted by Crippen LogP contribution is 2.38. The predicted octanol–water partition coefficient (Wildman–Crippen LogP) is 4.24. The Hall–Kier alpha value is -2.56. The zero-order valence-corrected chi connectivity index (χ0v) is 16.7. The summed E-state index contributed by atoms with van der Waals surface area (Å²) in [6.07, 6.45) is 0. The van der Waals surface area contributed by atoms with E-state index in [0.29, 0.717) is 6.61 Å². The average molecular weight is 377 g/mol. The molecule has 1 aliphatic rings. The van der Waals surface area contributed by atoms with Gasteiger partial charge in [-0.25, -0.2) is 0 Å². The van der Waals surface area contributed by atoms with Crippen molar-refractivity contribution >= 4 is 10.8 Å². The van der Waals surface area contributed by atoms with Crippen molar-refractivity contribution in [3.63, 3.8) is 0 Å². The van der Waals surface area contributed by atoms with Crippen molar-refractivity contribution in [2.45, 2.75) is 13.0 Å². The Bertz CT molecular complexity index is 930. The smallest absolute Gasteiger partial charge is 0.161 e. The quantitative estimate of drug-likeness (QED) is 0.698. The van der Waals surface area contributed by atoms with Crippen LogP contribution in [0.25, 0.3) is 10.8 Å². The Labute approximate surface area is 167 Å². The van der Waals surface area contributed by atoms with E-state index >= 15 is 0 Å². The first-order valence-electron chi connectivity index (χ1n) is 10.0. The molecule has 0 aromatic heterocycles. The maximum Gasteiger partial charge on any atom is 0.161 e. The number of nitrogens with zero attached hydrogens (tertiary/aromatic N) is 1. The van der Waals surface area contributed by atoms with E-state index in [0.717, 1.165) is 37.7 Å². The molecule has 0 aliphatic carbocycles. The van der Waals surface area contributed by atoms with Crippen molar-refractivity contribution < 1.29 is 9.47 Å². The molecule has 1 aliphatic heterocycles. The molecular weight excluding hydrogens is 348 g/mol. The van der Waals surface area contributed by atoms with Crippen molar-refractivity contribution in [2.75, 3.05) is 39.9 Å². The van der Waals surface area contributed by atoms with Crippen LogP contribution < -0.4 is 14.8 Å². The molecule has 4 heteroatoms. The van der Waals surface area contributed by atoms with E-state index in [9.17, 15) is 0 Å². The molecule has 1 N–H and O–H groups in total. The monoisotopic (exact) mass is 376 g/mol. The summed E-state index contributed by atoms with van der Waals surface area (Å²) in [4.78, 5) is 2.57. The third-order valence-corrected chi connectivity index (χ3v) is 5.44. The lowest BCUT2D eigenvalue weighted by Gasteiger charge is -2.36. The highest BCUT2D eigenvalue weighted by molar-refractivity contribution is 5.86. The third-order valence-electron chi connectivity index (χ3n) is 5.44. The number of fused-ring (bicyclic) bond motifs is 1. The summed E-state index contributed by atoms with van der Waals surface area (Å²) < 4.78 is 11.4. The fraction of sp³-hybridized carbons (Fsp3) is 0.333. The number of methoxy groups -OCH3 is 1. The van der Waals surface area contributed by atoms with Crippen molar-refractivity contribution in [2.24, 2.45) is 0 Å². The first-order valence-corrected chi connectivity index (χ1v) is 10.0. The lowest BCUT2D eigenvalue weighted by molar-refractivity contribution is 0.199. The van der Waals surface area contributed by atoms with Crippen LogP contribution in [-0.4, -0.2) is 44.8 Å². The van der Waals surface area contributed by atoms with Crippen molar-refractivity contribution in [3.8, 4) is 11.5 Å². The summed E-state index contributed by atoms with van der Waals surface area (Å²) in [6, 6.07) is 21.8. The number of nitrogens with one attached hydrogen (secondary N) is 1. The largest absolute Gasteiger partial charge is 0.493 e. The normalized spacial score (nSPS) is 16.1. The topological polar surface area (TPSA) is 33.7 Å². The van der Waals surface area contributed by atoms with Crippen LogP contribution in [0.2, 0.25) is 0 Å². The molecule has 4 nitrogen and oxygen atoms in total. The fourth-order valence-corrected chi connectivity index (χ4v) is 4.15. The minimum atomic E-state index is 0.179. The summed E-state index contributed by atoms with van der Waals surface area (Å²) in [6.45, 7) is 6.68. The molecule has 1 heterocycles. The Morgan fingerprint density at radius 3 is 2.54 bits per heavy atom. The SMILES string of the molecule is CCOc1cc(C(c2cccc3ccccc23)N2CCNCC2)ccc1OC. The van der Waals surface area contributed by atoms with E-state index in [1.54, 1.807) is 7.11 Å². The number of hydrogen-bond donors (Lipinski definition) is 1. The van der Waals surface area contributed by atoms with Crippen LogP contribution in [0.5, 0.6) is 11.5 Å². The highest BCUT2D eigenvalue weighted by atomic mass is 16.5. The van der Waals surface area contributed by atoms with Crippen LogP contribution in [0.3, 0.4) is 0 Å². The van der Waals surface area contributed by atoms with Crippen molar-refractivity contribution in [3.05, 3.63) is 71.8 Å². The van der Waals surface area contributed by atoms with E-state index in [4.69, 9.17) is 9.47 Å². The molecule has 0 amide bonds. The van der Waals surface area contributed by atoms with Crippen LogP contribution >= 0.6 is 0 Å². The van der Waals surface area contributed by atoms with Crippen molar-refractivity contribution in [1.82, 2.24) is 10.2 Å². The number of benzene rings is 3. The van der Waals surface area contributed by atoms with Gasteiger partial charge in [0.2, 0.25) is 0 Å². The Morgan fingerprint density at radius 2 is 1.75 bits per heavy atom. The molecule has 1 saturated heterocycles. The van der Waals surface area contributed by atoms with Gasteiger partial charge in [0.1, 0.15) is 0 Å². The van der Waals surface area contributed by atoms with Gasteiger partial charge in [-0.2, -0.15) is 0 Å². The molecule has 0 spiro atoms. The highest BCUT2D eigenvalue weighted by Gasteiger charge is 2.26. The van der Waals surface area contributed by atoms with E-state index in [2.05, 4.69) is 64.8 Å². The Balaban J connectivity index is 1.85. The summed E-state index contributed by atoms with van der Waals surface area (Å²) in [5.41, 5.74) is 2.58. The molecule has 0 radical (unpaired) electrons. The van der Waals surface area contributed by atoms with Crippen molar-refractivity contribution in [1.29, 1.82) is 0 Å². The van der Waals surface area contributed by atoms with Crippen LogP contribution in [0.15, 0.2) is 60.7 Å². The molecule has 146 valence electrons. The van der Waals surface area contributed by atoms with Crippen LogP contribution in [0, 0.1) is 0 Å². The van der Waals surface area contributed by atoms with Gasteiger partial charge in [-0.3, -0.25) is 4.90 Å². The maximum atomic E-state index is 5.87. The standard InChI is InChI=1S/C24H28N2O2/c1-3-28-23-17-19(11-12-22(23)27-2)24(26-15-13-25-14-16-26)21-10-6-8-18-7-4-5-9-20(18)21/h4-12,17,24-25H,3,13-16H2,1-2H3. The van der Waals surface area contributed by atoms with Gasteiger partial charge in [0.25, 0.3) is 0 Å². The summed E-state index contributed by atoms with van der Waals surface area (Å²) in [7, 11) is 1.69. The second-order valence-corrected chi connectivity index (χ2v) is 7.10. The maximum absolute atomic E-state index is 5.87. The molecule has 4 rings (SSSR count). The molecule has 3 aromatic carbocycles.